The molecule has 0 saturated heterocycles. The molecule has 94 valence electrons. The average molecular weight is 234 g/mol. The second-order valence-electron chi connectivity index (χ2n) is 3.10. The fraction of sp³-hybridized carbons (Fsp3) is 0.800. The van der Waals surface area contributed by atoms with Crippen LogP contribution in [0.1, 0.15) is 27.7 Å². The summed E-state index contributed by atoms with van der Waals surface area (Å²) in [5.41, 5.74) is 0. The van der Waals surface area contributed by atoms with Crippen molar-refractivity contribution in [1.82, 2.24) is 0 Å². The molecule has 0 heterocycles. The first kappa shape index (κ1) is 14.9. The molecule has 0 aliphatic carbocycles. The Morgan fingerprint density at radius 3 is 1.44 bits per heavy atom. The van der Waals surface area contributed by atoms with Gasteiger partial charge in [0.2, 0.25) is 0 Å². The molecule has 16 heavy (non-hydrogen) atoms. The van der Waals surface area contributed by atoms with E-state index in [0.29, 0.717) is 0 Å². The van der Waals surface area contributed by atoms with Crippen LogP contribution < -0.4 is 0 Å². The summed E-state index contributed by atoms with van der Waals surface area (Å²) in [6.07, 6.45) is -1.21. The van der Waals surface area contributed by atoms with Crippen LogP contribution >= 0.6 is 0 Å². The largest absolute Gasteiger partial charge is 0.436 e. The summed E-state index contributed by atoms with van der Waals surface area (Å²) in [6, 6.07) is 0. The summed E-state index contributed by atoms with van der Waals surface area (Å²) in [4.78, 5) is 21.1. The third-order valence-corrected chi connectivity index (χ3v) is 1.45. The molecule has 0 aromatic carbocycles. The molecule has 0 rings (SSSR count). The molecule has 6 nitrogen and oxygen atoms in total. The first-order chi connectivity index (χ1) is 7.41. The summed E-state index contributed by atoms with van der Waals surface area (Å²) in [5.74, 6) is -0.802. The number of esters is 2. The van der Waals surface area contributed by atoms with Crippen molar-refractivity contribution in [3.8, 4) is 0 Å². The van der Waals surface area contributed by atoms with Crippen molar-refractivity contribution >= 4 is 11.9 Å². The van der Waals surface area contributed by atoms with Gasteiger partial charge < -0.3 is 18.9 Å². The predicted molar refractivity (Wildman–Crippen MR) is 54.4 cm³/mol. The van der Waals surface area contributed by atoms with Gasteiger partial charge in [-0.25, -0.2) is 0 Å². The van der Waals surface area contributed by atoms with Gasteiger partial charge in [0.15, 0.2) is 12.6 Å². The van der Waals surface area contributed by atoms with Crippen molar-refractivity contribution in [3.63, 3.8) is 0 Å². The van der Waals surface area contributed by atoms with Crippen molar-refractivity contribution < 1.29 is 28.5 Å². The van der Waals surface area contributed by atoms with Gasteiger partial charge in [-0.15, -0.1) is 0 Å². The van der Waals surface area contributed by atoms with Crippen LogP contribution in [0.2, 0.25) is 0 Å². The fourth-order valence-electron chi connectivity index (χ4n) is 0.964. The molecule has 0 amide bonds. The molecule has 2 atom stereocenters. The van der Waals surface area contributed by atoms with Gasteiger partial charge in [-0.3, -0.25) is 9.59 Å². The minimum absolute atomic E-state index is 0.250. The van der Waals surface area contributed by atoms with E-state index in [1.54, 1.807) is 13.8 Å². The normalized spacial score (nSPS) is 14.0. The van der Waals surface area contributed by atoms with Crippen molar-refractivity contribution in [2.24, 2.45) is 0 Å². The highest BCUT2D eigenvalue weighted by Gasteiger charge is 2.07. The van der Waals surface area contributed by atoms with Crippen molar-refractivity contribution in [2.75, 3.05) is 13.2 Å². The summed E-state index contributed by atoms with van der Waals surface area (Å²) < 4.78 is 19.6. The van der Waals surface area contributed by atoms with Gasteiger partial charge >= 0.3 is 11.9 Å². The van der Waals surface area contributed by atoms with Crippen LogP contribution in [-0.4, -0.2) is 37.7 Å². The Bertz CT molecular complexity index is 203. The third-order valence-electron chi connectivity index (χ3n) is 1.45. The quantitative estimate of drug-likeness (QED) is 0.369. The Hall–Kier alpha value is -1.14. The molecular weight excluding hydrogens is 216 g/mol. The molecule has 6 heteroatoms. The number of hydrogen-bond acceptors (Lipinski definition) is 6. The Morgan fingerprint density at radius 2 is 1.19 bits per heavy atom. The summed E-state index contributed by atoms with van der Waals surface area (Å²) >= 11 is 0. The van der Waals surface area contributed by atoms with Gasteiger partial charge in [-0.05, 0) is 13.8 Å². The Morgan fingerprint density at radius 1 is 0.875 bits per heavy atom. The van der Waals surface area contributed by atoms with E-state index in [-0.39, 0.29) is 13.2 Å². The van der Waals surface area contributed by atoms with Crippen LogP contribution in [0.4, 0.5) is 0 Å². The maximum Gasteiger partial charge on any atom is 0.304 e. The molecule has 0 aliphatic rings. The van der Waals surface area contributed by atoms with Gasteiger partial charge in [0.1, 0.15) is 0 Å². The molecule has 0 radical (unpaired) electrons. The number of rotatable bonds is 7. The van der Waals surface area contributed by atoms with E-state index in [9.17, 15) is 9.59 Å². The molecule has 0 spiro atoms. The lowest BCUT2D eigenvalue weighted by Crippen LogP contribution is -2.22. The zero-order chi connectivity index (χ0) is 12.6. The Labute approximate surface area is 94.8 Å². The van der Waals surface area contributed by atoms with Gasteiger partial charge in [-0.2, -0.15) is 0 Å². The van der Waals surface area contributed by atoms with Crippen LogP contribution in [0.5, 0.6) is 0 Å². The van der Waals surface area contributed by atoms with Crippen LogP contribution in [0, 0.1) is 0 Å². The standard InChI is InChI=1S/C10H18O6/c1-7(11)15-9(3)13-5-6-14-10(4)16-8(2)12/h9-10H,5-6H2,1-4H3. The van der Waals surface area contributed by atoms with E-state index in [0.717, 1.165) is 0 Å². The van der Waals surface area contributed by atoms with E-state index in [1.165, 1.54) is 13.8 Å². The van der Waals surface area contributed by atoms with Gasteiger partial charge in [-0.1, -0.05) is 0 Å². The second-order valence-corrected chi connectivity index (χ2v) is 3.10. The van der Waals surface area contributed by atoms with Crippen LogP contribution in [0.25, 0.3) is 0 Å². The lowest BCUT2D eigenvalue weighted by molar-refractivity contribution is -0.188. The molecule has 0 fully saturated rings. The van der Waals surface area contributed by atoms with E-state index >= 15 is 0 Å². The lowest BCUT2D eigenvalue weighted by atomic mass is 10.6. The van der Waals surface area contributed by atoms with Crippen molar-refractivity contribution in [1.29, 1.82) is 0 Å². The molecule has 0 aromatic heterocycles. The van der Waals surface area contributed by atoms with Crippen LogP contribution in [0.15, 0.2) is 0 Å². The number of carbonyl (C=O) groups excluding carboxylic acids is 2. The lowest BCUT2D eigenvalue weighted by Gasteiger charge is -2.15. The highest BCUT2D eigenvalue weighted by Crippen LogP contribution is 1.97. The SMILES string of the molecule is CC(=O)OC(C)OCCOC(C)OC(C)=O. The van der Waals surface area contributed by atoms with E-state index in [1.807, 2.05) is 0 Å². The Kier molecular flexibility index (Phi) is 7.49. The molecule has 0 aromatic rings. The monoisotopic (exact) mass is 234 g/mol. The number of ether oxygens (including phenoxy) is 4. The molecule has 2 unspecified atom stereocenters. The average Bonchev–Trinajstić information content (AvgIpc) is 2.10. The van der Waals surface area contributed by atoms with Crippen LogP contribution in [0.3, 0.4) is 0 Å². The summed E-state index contributed by atoms with van der Waals surface area (Å²) in [6.45, 7) is 6.33. The molecule has 0 N–H and O–H groups in total. The molecule has 0 bridgehead atoms. The fourth-order valence-corrected chi connectivity index (χ4v) is 0.964. The van der Waals surface area contributed by atoms with Gasteiger partial charge in [0, 0.05) is 13.8 Å². The second kappa shape index (κ2) is 8.06. The minimum atomic E-state index is -0.606. The topological polar surface area (TPSA) is 71.1 Å². The van der Waals surface area contributed by atoms with E-state index in [4.69, 9.17) is 18.9 Å². The first-order valence-corrected chi connectivity index (χ1v) is 4.99. The minimum Gasteiger partial charge on any atom is -0.436 e. The van der Waals surface area contributed by atoms with Gasteiger partial charge in [0.05, 0.1) is 13.2 Å². The Balaban J connectivity index is 3.45. The molecule has 0 saturated carbocycles. The van der Waals surface area contributed by atoms with Crippen molar-refractivity contribution in [2.45, 2.75) is 40.3 Å². The van der Waals surface area contributed by atoms with E-state index < -0.39 is 24.5 Å². The molecule has 0 aliphatic heterocycles. The maximum absolute atomic E-state index is 10.5. The molecular formula is C10H18O6. The zero-order valence-electron chi connectivity index (χ0n) is 10.0. The van der Waals surface area contributed by atoms with Gasteiger partial charge in [0.25, 0.3) is 0 Å². The van der Waals surface area contributed by atoms with E-state index in [2.05, 4.69) is 0 Å². The smallest absolute Gasteiger partial charge is 0.304 e. The number of carbonyl (C=O) groups is 2. The van der Waals surface area contributed by atoms with Crippen molar-refractivity contribution in [3.05, 3.63) is 0 Å². The summed E-state index contributed by atoms with van der Waals surface area (Å²) in [7, 11) is 0. The predicted octanol–water partition coefficient (Wildman–Crippen LogP) is 0.838. The number of hydrogen-bond donors (Lipinski definition) is 0. The third kappa shape index (κ3) is 9.42. The zero-order valence-corrected chi connectivity index (χ0v) is 10.0. The highest BCUT2D eigenvalue weighted by atomic mass is 16.7. The summed E-state index contributed by atoms with van der Waals surface area (Å²) in [5, 5.41) is 0. The van der Waals surface area contributed by atoms with Crippen LogP contribution in [-0.2, 0) is 28.5 Å². The maximum atomic E-state index is 10.5. The highest BCUT2D eigenvalue weighted by molar-refractivity contribution is 5.66. The first-order valence-electron chi connectivity index (χ1n) is 4.99.